The van der Waals surface area contributed by atoms with Crippen molar-refractivity contribution in [1.82, 2.24) is 4.90 Å². The molecule has 0 bridgehead atoms. The highest BCUT2D eigenvalue weighted by atomic mass is 35.5. The zero-order valence-electron chi connectivity index (χ0n) is 10.7. The lowest BCUT2D eigenvalue weighted by molar-refractivity contribution is -0.122. The number of aryl methyl sites for hydroxylation is 1. The van der Waals surface area contributed by atoms with Crippen molar-refractivity contribution >= 4 is 17.4 Å². The summed E-state index contributed by atoms with van der Waals surface area (Å²) >= 11 is 6.24. The van der Waals surface area contributed by atoms with Crippen molar-refractivity contribution < 1.29 is 4.79 Å². The number of benzene rings is 1. The fourth-order valence-corrected chi connectivity index (χ4v) is 3.15. The Balaban J connectivity index is 1.86. The van der Waals surface area contributed by atoms with Crippen LogP contribution >= 0.6 is 11.6 Å². The van der Waals surface area contributed by atoms with Crippen molar-refractivity contribution in [2.45, 2.75) is 38.1 Å². The molecule has 1 aromatic carbocycles. The van der Waals surface area contributed by atoms with E-state index in [4.69, 9.17) is 11.6 Å². The molecule has 3 heteroatoms. The summed E-state index contributed by atoms with van der Waals surface area (Å²) in [5, 5.41) is 0.854. The van der Waals surface area contributed by atoms with Crippen LogP contribution in [0, 0.1) is 6.92 Å². The van der Waals surface area contributed by atoms with Crippen LogP contribution in [0.3, 0.4) is 0 Å². The molecule has 1 aliphatic heterocycles. The van der Waals surface area contributed by atoms with Gasteiger partial charge in [-0.2, -0.15) is 0 Å². The molecule has 1 aliphatic carbocycles. The molecule has 0 radical (unpaired) electrons. The lowest BCUT2D eigenvalue weighted by Crippen LogP contribution is -2.41. The minimum absolute atomic E-state index is 0.179. The minimum atomic E-state index is 0.179. The van der Waals surface area contributed by atoms with Crippen molar-refractivity contribution in [3.8, 4) is 0 Å². The van der Waals surface area contributed by atoms with E-state index in [1.165, 1.54) is 18.4 Å². The Morgan fingerprint density at radius 2 is 1.89 bits per heavy atom. The molecule has 18 heavy (non-hydrogen) atoms. The first kappa shape index (κ1) is 12.2. The molecule has 3 rings (SSSR count). The number of hydrogen-bond donors (Lipinski definition) is 0. The van der Waals surface area contributed by atoms with E-state index in [1.54, 1.807) is 0 Å². The van der Waals surface area contributed by atoms with Crippen LogP contribution in [-0.2, 0) is 10.3 Å². The Kier molecular flexibility index (Phi) is 2.95. The van der Waals surface area contributed by atoms with E-state index in [2.05, 4.69) is 23.1 Å². The smallest absolute Gasteiger partial charge is 0.135 e. The van der Waals surface area contributed by atoms with Crippen LogP contribution in [0.15, 0.2) is 18.2 Å². The van der Waals surface area contributed by atoms with Gasteiger partial charge in [-0.05, 0) is 37.0 Å². The topological polar surface area (TPSA) is 20.3 Å². The molecule has 0 atom stereocenters. The highest BCUT2D eigenvalue weighted by Gasteiger charge is 2.49. The third-order valence-corrected chi connectivity index (χ3v) is 4.77. The second-order valence-corrected chi connectivity index (χ2v) is 5.93. The number of Topliss-reactive ketones (excluding diaryl/α,β-unsaturated/α-hetero) is 1. The molecule has 1 aromatic rings. The third kappa shape index (κ3) is 1.98. The van der Waals surface area contributed by atoms with Gasteiger partial charge in [0.05, 0.1) is 0 Å². The Hall–Kier alpha value is -0.860. The summed E-state index contributed by atoms with van der Waals surface area (Å²) < 4.78 is 0. The van der Waals surface area contributed by atoms with Crippen molar-refractivity contribution in [3.63, 3.8) is 0 Å². The average Bonchev–Trinajstić information content (AvgIpc) is 3.15. The van der Waals surface area contributed by atoms with Crippen LogP contribution in [0.2, 0.25) is 5.02 Å². The highest BCUT2D eigenvalue weighted by molar-refractivity contribution is 6.31. The number of halogens is 1. The predicted molar refractivity (Wildman–Crippen MR) is 72.9 cm³/mol. The van der Waals surface area contributed by atoms with Gasteiger partial charge in [-0.1, -0.05) is 23.7 Å². The molecule has 1 heterocycles. The van der Waals surface area contributed by atoms with Gasteiger partial charge in [-0.3, -0.25) is 9.69 Å². The van der Waals surface area contributed by atoms with Gasteiger partial charge in [0.1, 0.15) is 5.78 Å². The fraction of sp³-hybridized carbons (Fsp3) is 0.533. The van der Waals surface area contributed by atoms with Crippen LogP contribution in [-0.4, -0.2) is 23.8 Å². The monoisotopic (exact) mass is 263 g/mol. The maximum Gasteiger partial charge on any atom is 0.135 e. The van der Waals surface area contributed by atoms with E-state index in [0.29, 0.717) is 18.6 Å². The Bertz CT molecular complexity index is 483. The summed E-state index contributed by atoms with van der Waals surface area (Å²) in [7, 11) is 0. The zero-order valence-corrected chi connectivity index (χ0v) is 11.5. The van der Waals surface area contributed by atoms with Crippen molar-refractivity contribution in [3.05, 3.63) is 34.3 Å². The number of hydrogen-bond acceptors (Lipinski definition) is 2. The quantitative estimate of drug-likeness (QED) is 0.816. The van der Waals surface area contributed by atoms with Gasteiger partial charge in [0.25, 0.3) is 0 Å². The highest BCUT2D eigenvalue weighted by Crippen LogP contribution is 2.52. The Morgan fingerprint density at radius 3 is 2.44 bits per heavy atom. The lowest BCUT2D eigenvalue weighted by atomic mass is 9.98. The SMILES string of the molecule is Cc1ccc(C2(N3CCC(=O)CC3)CC2)cc1Cl. The number of piperidine rings is 1. The second-order valence-electron chi connectivity index (χ2n) is 5.52. The summed E-state index contributed by atoms with van der Waals surface area (Å²) in [4.78, 5) is 13.8. The van der Waals surface area contributed by atoms with Crippen LogP contribution < -0.4 is 0 Å². The number of carbonyl (C=O) groups is 1. The van der Waals surface area contributed by atoms with E-state index in [9.17, 15) is 4.79 Å². The number of rotatable bonds is 2. The minimum Gasteiger partial charge on any atom is -0.300 e. The lowest BCUT2D eigenvalue weighted by Gasteiger charge is -2.35. The first-order valence-corrected chi connectivity index (χ1v) is 7.03. The maximum atomic E-state index is 11.3. The standard InChI is InChI=1S/C15H18ClNO/c1-11-2-3-12(10-14(11)16)15(6-7-15)17-8-4-13(18)5-9-17/h2-3,10H,4-9H2,1H3. The third-order valence-electron chi connectivity index (χ3n) is 4.36. The summed E-state index contributed by atoms with van der Waals surface area (Å²) in [5.41, 5.74) is 2.63. The molecular formula is C15H18ClNO. The molecule has 96 valence electrons. The van der Waals surface area contributed by atoms with Gasteiger partial charge in [0, 0.05) is 36.5 Å². The van der Waals surface area contributed by atoms with E-state index >= 15 is 0 Å². The first-order valence-electron chi connectivity index (χ1n) is 6.65. The molecule has 0 spiro atoms. The molecule has 2 aliphatic rings. The number of ketones is 1. The zero-order chi connectivity index (χ0) is 12.8. The van der Waals surface area contributed by atoms with E-state index in [-0.39, 0.29) is 5.54 Å². The van der Waals surface area contributed by atoms with Gasteiger partial charge in [0.2, 0.25) is 0 Å². The predicted octanol–water partition coefficient (Wildman–Crippen LogP) is 3.30. The van der Waals surface area contributed by atoms with Gasteiger partial charge < -0.3 is 0 Å². The van der Waals surface area contributed by atoms with E-state index < -0.39 is 0 Å². The van der Waals surface area contributed by atoms with Crippen LogP contribution in [0.25, 0.3) is 0 Å². The number of likely N-dealkylation sites (tertiary alicyclic amines) is 1. The van der Waals surface area contributed by atoms with Crippen LogP contribution in [0.5, 0.6) is 0 Å². The maximum absolute atomic E-state index is 11.3. The Labute approximate surface area is 113 Å². The molecule has 0 unspecified atom stereocenters. The van der Waals surface area contributed by atoms with Crippen molar-refractivity contribution in [1.29, 1.82) is 0 Å². The van der Waals surface area contributed by atoms with Gasteiger partial charge in [0.15, 0.2) is 0 Å². The summed E-state index contributed by atoms with van der Waals surface area (Å²) in [6.45, 7) is 3.85. The Morgan fingerprint density at radius 1 is 1.22 bits per heavy atom. The average molecular weight is 264 g/mol. The van der Waals surface area contributed by atoms with E-state index in [1.807, 2.05) is 6.92 Å². The molecule has 1 saturated carbocycles. The molecule has 2 fully saturated rings. The molecule has 1 saturated heterocycles. The van der Waals surface area contributed by atoms with Crippen LogP contribution in [0.1, 0.15) is 36.8 Å². The molecule has 0 N–H and O–H groups in total. The van der Waals surface area contributed by atoms with Crippen molar-refractivity contribution in [2.75, 3.05) is 13.1 Å². The molecular weight excluding hydrogens is 246 g/mol. The largest absolute Gasteiger partial charge is 0.300 e. The summed E-state index contributed by atoms with van der Waals surface area (Å²) in [6.07, 6.45) is 3.81. The van der Waals surface area contributed by atoms with Gasteiger partial charge in [-0.15, -0.1) is 0 Å². The summed E-state index contributed by atoms with van der Waals surface area (Å²) in [6, 6.07) is 6.41. The summed E-state index contributed by atoms with van der Waals surface area (Å²) in [5.74, 6) is 0.406. The van der Waals surface area contributed by atoms with Gasteiger partial charge in [-0.25, -0.2) is 0 Å². The molecule has 0 amide bonds. The molecule has 2 nitrogen and oxygen atoms in total. The number of carbonyl (C=O) groups excluding carboxylic acids is 1. The first-order chi connectivity index (χ1) is 8.62. The normalized spacial score (nSPS) is 23.1. The fourth-order valence-electron chi connectivity index (χ4n) is 2.97. The molecule has 0 aromatic heterocycles. The second kappa shape index (κ2) is 4.36. The van der Waals surface area contributed by atoms with E-state index in [0.717, 1.165) is 23.7 Å². The number of nitrogens with zero attached hydrogens (tertiary/aromatic N) is 1. The van der Waals surface area contributed by atoms with Crippen molar-refractivity contribution in [2.24, 2.45) is 0 Å². The van der Waals surface area contributed by atoms with Gasteiger partial charge >= 0.3 is 0 Å². The van der Waals surface area contributed by atoms with Crippen LogP contribution in [0.4, 0.5) is 0 Å².